The standard InChI is InChI=1S/C15H21N5O2S/c1-3-20(10(2)13(21)18-15-16-7-8-23-15)9-12-17-14(22-19-12)11-5-4-6-11/h7-8,10-11H,3-6,9H2,1-2H3,(H,16,18,21)/t10-/m0/s1. The Morgan fingerprint density at radius 3 is 3.00 bits per heavy atom. The van der Waals surface area contributed by atoms with Crippen LogP contribution in [0, 0.1) is 0 Å². The lowest BCUT2D eigenvalue weighted by Gasteiger charge is -2.25. The molecule has 1 aliphatic carbocycles. The zero-order valence-corrected chi connectivity index (χ0v) is 14.2. The molecular weight excluding hydrogens is 314 g/mol. The summed E-state index contributed by atoms with van der Waals surface area (Å²) in [4.78, 5) is 22.9. The van der Waals surface area contributed by atoms with Crippen LogP contribution in [0.5, 0.6) is 0 Å². The minimum atomic E-state index is -0.297. The molecule has 7 nitrogen and oxygen atoms in total. The lowest BCUT2D eigenvalue weighted by Crippen LogP contribution is -2.41. The molecule has 2 aromatic heterocycles. The third-order valence-corrected chi connectivity index (χ3v) is 4.97. The van der Waals surface area contributed by atoms with Crippen LogP contribution in [0.4, 0.5) is 5.13 Å². The minimum absolute atomic E-state index is 0.0792. The molecule has 1 atom stereocenters. The third kappa shape index (κ3) is 3.76. The van der Waals surface area contributed by atoms with Gasteiger partial charge in [0.05, 0.1) is 12.6 Å². The SMILES string of the molecule is CCN(Cc1noc(C2CCC2)n1)[C@@H](C)C(=O)Nc1nccs1. The van der Waals surface area contributed by atoms with E-state index in [2.05, 4.69) is 20.4 Å². The van der Waals surface area contributed by atoms with Crippen LogP contribution in [0.15, 0.2) is 16.1 Å². The smallest absolute Gasteiger partial charge is 0.243 e. The van der Waals surface area contributed by atoms with Crippen LogP contribution in [-0.4, -0.2) is 38.5 Å². The molecule has 0 aliphatic heterocycles. The fourth-order valence-corrected chi connectivity index (χ4v) is 3.05. The summed E-state index contributed by atoms with van der Waals surface area (Å²) < 4.78 is 5.34. The van der Waals surface area contributed by atoms with Crippen LogP contribution in [0.1, 0.15) is 50.7 Å². The molecule has 0 unspecified atom stereocenters. The maximum absolute atomic E-state index is 12.3. The zero-order chi connectivity index (χ0) is 16.2. The van der Waals surface area contributed by atoms with Gasteiger partial charge in [0.1, 0.15) is 0 Å². The molecule has 8 heteroatoms. The predicted molar refractivity (Wildman–Crippen MR) is 87.2 cm³/mol. The minimum Gasteiger partial charge on any atom is -0.339 e. The fraction of sp³-hybridized carbons (Fsp3) is 0.600. The number of aromatic nitrogens is 3. The van der Waals surface area contributed by atoms with E-state index in [4.69, 9.17) is 4.52 Å². The van der Waals surface area contributed by atoms with Gasteiger partial charge in [0, 0.05) is 17.5 Å². The number of likely N-dealkylation sites (N-methyl/N-ethyl adjacent to an activating group) is 1. The van der Waals surface area contributed by atoms with Crippen molar-refractivity contribution in [2.24, 2.45) is 0 Å². The lowest BCUT2D eigenvalue weighted by molar-refractivity contribution is -0.120. The molecule has 1 amide bonds. The first-order valence-corrected chi connectivity index (χ1v) is 8.82. The van der Waals surface area contributed by atoms with Gasteiger partial charge in [-0.2, -0.15) is 4.98 Å². The van der Waals surface area contributed by atoms with E-state index in [1.807, 2.05) is 24.1 Å². The second-order valence-corrected chi connectivity index (χ2v) is 6.64. The summed E-state index contributed by atoms with van der Waals surface area (Å²) in [6.07, 6.45) is 5.17. The molecule has 23 heavy (non-hydrogen) atoms. The Labute approximate surface area is 139 Å². The number of nitrogens with one attached hydrogen (secondary N) is 1. The summed E-state index contributed by atoms with van der Waals surface area (Å²) in [5, 5.41) is 9.33. The van der Waals surface area contributed by atoms with Crippen molar-refractivity contribution in [3.63, 3.8) is 0 Å². The highest BCUT2D eigenvalue weighted by molar-refractivity contribution is 7.13. The number of carbonyl (C=O) groups excluding carboxylic acids is 1. The summed E-state index contributed by atoms with van der Waals surface area (Å²) in [5.74, 6) is 1.73. The van der Waals surface area contributed by atoms with Crippen LogP contribution >= 0.6 is 11.3 Å². The van der Waals surface area contributed by atoms with Gasteiger partial charge in [-0.05, 0) is 26.3 Å². The van der Waals surface area contributed by atoms with E-state index in [-0.39, 0.29) is 11.9 Å². The van der Waals surface area contributed by atoms with Crippen LogP contribution in [0.2, 0.25) is 0 Å². The number of nitrogens with zero attached hydrogens (tertiary/aromatic N) is 4. The summed E-state index contributed by atoms with van der Waals surface area (Å²) in [5.41, 5.74) is 0. The number of anilines is 1. The average Bonchev–Trinajstić information content (AvgIpc) is 3.14. The van der Waals surface area contributed by atoms with Crippen molar-refractivity contribution in [2.45, 2.75) is 51.6 Å². The quantitative estimate of drug-likeness (QED) is 0.837. The average molecular weight is 335 g/mol. The largest absolute Gasteiger partial charge is 0.339 e. The highest BCUT2D eigenvalue weighted by Gasteiger charge is 2.27. The van der Waals surface area contributed by atoms with Gasteiger partial charge in [-0.3, -0.25) is 9.69 Å². The molecule has 2 aromatic rings. The van der Waals surface area contributed by atoms with E-state index in [1.165, 1.54) is 17.8 Å². The van der Waals surface area contributed by atoms with Crippen molar-refractivity contribution in [3.05, 3.63) is 23.3 Å². The number of thiazole rings is 1. The van der Waals surface area contributed by atoms with E-state index in [0.29, 0.717) is 23.4 Å². The van der Waals surface area contributed by atoms with Crippen molar-refractivity contribution in [1.82, 2.24) is 20.0 Å². The summed E-state index contributed by atoms with van der Waals surface area (Å²) >= 11 is 1.41. The Morgan fingerprint density at radius 2 is 2.39 bits per heavy atom. The van der Waals surface area contributed by atoms with Crippen LogP contribution < -0.4 is 5.32 Å². The fourth-order valence-electron chi connectivity index (χ4n) is 2.52. The Kier molecular flexibility index (Phi) is 5.02. The van der Waals surface area contributed by atoms with E-state index >= 15 is 0 Å². The number of rotatable bonds is 7. The maximum atomic E-state index is 12.3. The van der Waals surface area contributed by atoms with Gasteiger partial charge in [-0.1, -0.05) is 18.5 Å². The highest BCUT2D eigenvalue weighted by atomic mass is 32.1. The van der Waals surface area contributed by atoms with Gasteiger partial charge in [0.25, 0.3) is 0 Å². The second-order valence-electron chi connectivity index (χ2n) is 5.74. The molecule has 2 heterocycles. The molecule has 0 saturated heterocycles. The van der Waals surface area contributed by atoms with Gasteiger partial charge in [-0.25, -0.2) is 4.98 Å². The monoisotopic (exact) mass is 335 g/mol. The van der Waals surface area contributed by atoms with Crippen LogP contribution in [0.25, 0.3) is 0 Å². The topological polar surface area (TPSA) is 84.2 Å². The van der Waals surface area contributed by atoms with E-state index in [1.54, 1.807) is 6.20 Å². The number of hydrogen-bond acceptors (Lipinski definition) is 7. The van der Waals surface area contributed by atoms with Gasteiger partial charge < -0.3 is 9.84 Å². The Morgan fingerprint density at radius 1 is 1.57 bits per heavy atom. The van der Waals surface area contributed by atoms with Crippen molar-refractivity contribution >= 4 is 22.4 Å². The van der Waals surface area contributed by atoms with Gasteiger partial charge in [0.2, 0.25) is 11.8 Å². The molecular formula is C15H21N5O2S. The summed E-state index contributed by atoms with van der Waals surface area (Å²) in [6.45, 7) is 5.11. The van der Waals surface area contributed by atoms with Crippen LogP contribution in [0.3, 0.4) is 0 Å². The first-order chi connectivity index (χ1) is 11.2. The highest BCUT2D eigenvalue weighted by Crippen LogP contribution is 2.35. The van der Waals surface area contributed by atoms with E-state index in [0.717, 1.165) is 25.3 Å². The zero-order valence-electron chi connectivity index (χ0n) is 13.4. The molecule has 0 radical (unpaired) electrons. The molecule has 0 aromatic carbocycles. The normalized spacial score (nSPS) is 16.3. The lowest BCUT2D eigenvalue weighted by atomic mass is 9.85. The first kappa shape index (κ1) is 16.1. The molecule has 124 valence electrons. The van der Waals surface area contributed by atoms with Gasteiger partial charge in [0.15, 0.2) is 11.0 Å². The summed E-state index contributed by atoms with van der Waals surface area (Å²) in [7, 11) is 0. The second kappa shape index (κ2) is 7.18. The van der Waals surface area contributed by atoms with Gasteiger partial charge >= 0.3 is 0 Å². The third-order valence-electron chi connectivity index (χ3n) is 4.28. The Bertz CT molecular complexity index is 638. The number of amides is 1. The number of carbonyl (C=O) groups is 1. The van der Waals surface area contributed by atoms with Crippen molar-refractivity contribution in [1.29, 1.82) is 0 Å². The van der Waals surface area contributed by atoms with E-state index in [9.17, 15) is 4.79 Å². The number of hydrogen-bond donors (Lipinski definition) is 1. The molecule has 1 fully saturated rings. The Balaban J connectivity index is 1.59. The first-order valence-electron chi connectivity index (χ1n) is 7.94. The molecule has 0 spiro atoms. The molecule has 1 N–H and O–H groups in total. The molecule has 1 aliphatic rings. The molecule has 0 bridgehead atoms. The predicted octanol–water partition coefficient (Wildman–Crippen LogP) is 2.64. The maximum Gasteiger partial charge on any atom is 0.243 e. The van der Waals surface area contributed by atoms with Crippen LogP contribution in [-0.2, 0) is 11.3 Å². The van der Waals surface area contributed by atoms with Crippen molar-refractivity contribution < 1.29 is 9.32 Å². The molecule has 1 saturated carbocycles. The van der Waals surface area contributed by atoms with Gasteiger partial charge in [-0.15, -0.1) is 11.3 Å². The Hall–Kier alpha value is -1.80. The van der Waals surface area contributed by atoms with Crippen molar-refractivity contribution in [3.8, 4) is 0 Å². The van der Waals surface area contributed by atoms with Crippen molar-refractivity contribution in [2.75, 3.05) is 11.9 Å². The summed E-state index contributed by atoms with van der Waals surface area (Å²) in [6, 6.07) is -0.297. The van der Waals surface area contributed by atoms with E-state index < -0.39 is 0 Å². The molecule has 3 rings (SSSR count).